The fourth-order valence-corrected chi connectivity index (χ4v) is 2.60. The number of hydrogen-bond donors (Lipinski definition) is 2. The van der Waals surface area contributed by atoms with Gasteiger partial charge in [-0.3, -0.25) is 4.79 Å². The predicted molar refractivity (Wildman–Crippen MR) is 104 cm³/mol. The first-order chi connectivity index (χ1) is 13.7. The molecule has 154 valence electrons. The van der Waals surface area contributed by atoms with Gasteiger partial charge in [0.05, 0.1) is 24.8 Å². The Kier molecular flexibility index (Phi) is 7.41. The second-order valence-corrected chi connectivity index (χ2v) is 6.12. The standard InChI is InChI=1S/C21H21F3N2O3/c1-3-6-16-9-15(11-18(20(16)28)29-4-2)13-25-26-19(27)12-14-7-5-8-17(10-14)21(22,23)24/h3,5,7-11,13,28H,1,4,6,12H2,2H3,(H,26,27)/b25-13+. The molecule has 2 N–H and O–H groups in total. The molecule has 0 unspecified atom stereocenters. The number of aromatic hydroxyl groups is 1. The van der Waals surface area contributed by atoms with Crippen molar-refractivity contribution in [2.24, 2.45) is 5.10 Å². The van der Waals surface area contributed by atoms with Gasteiger partial charge in [-0.2, -0.15) is 18.3 Å². The van der Waals surface area contributed by atoms with Crippen LogP contribution in [0.5, 0.6) is 11.5 Å². The number of carbonyl (C=O) groups is 1. The van der Waals surface area contributed by atoms with Gasteiger partial charge in [0, 0.05) is 5.56 Å². The maximum Gasteiger partial charge on any atom is 0.416 e. The lowest BCUT2D eigenvalue weighted by Crippen LogP contribution is -2.20. The van der Waals surface area contributed by atoms with Gasteiger partial charge in [0.25, 0.3) is 0 Å². The molecule has 0 bridgehead atoms. The van der Waals surface area contributed by atoms with Crippen LogP contribution in [-0.4, -0.2) is 23.8 Å². The number of nitrogens with one attached hydrogen (secondary N) is 1. The zero-order valence-corrected chi connectivity index (χ0v) is 15.8. The number of carbonyl (C=O) groups excluding carboxylic acids is 1. The van der Waals surface area contributed by atoms with Crippen molar-refractivity contribution >= 4 is 12.1 Å². The molecule has 5 nitrogen and oxygen atoms in total. The molecule has 0 atom stereocenters. The van der Waals surface area contributed by atoms with Gasteiger partial charge in [-0.15, -0.1) is 6.58 Å². The second kappa shape index (κ2) is 9.77. The monoisotopic (exact) mass is 406 g/mol. The molecule has 0 saturated carbocycles. The lowest BCUT2D eigenvalue weighted by molar-refractivity contribution is -0.137. The number of benzene rings is 2. The summed E-state index contributed by atoms with van der Waals surface area (Å²) in [4.78, 5) is 12.0. The molecule has 1 amide bonds. The first-order valence-corrected chi connectivity index (χ1v) is 8.82. The maximum absolute atomic E-state index is 12.7. The van der Waals surface area contributed by atoms with Gasteiger partial charge in [-0.05, 0) is 42.7 Å². The third kappa shape index (κ3) is 6.38. The normalized spacial score (nSPS) is 11.4. The quantitative estimate of drug-likeness (QED) is 0.392. The number of phenolic OH excluding ortho intramolecular Hbond substituents is 1. The van der Waals surface area contributed by atoms with E-state index in [1.807, 2.05) is 0 Å². The average Bonchev–Trinajstić information content (AvgIpc) is 2.65. The Morgan fingerprint density at radius 1 is 1.31 bits per heavy atom. The summed E-state index contributed by atoms with van der Waals surface area (Å²) in [6.07, 6.45) is -1.32. The van der Waals surface area contributed by atoms with Gasteiger partial charge in [0.1, 0.15) is 0 Å². The summed E-state index contributed by atoms with van der Waals surface area (Å²) < 4.78 is 43.6. The Bertz CT molecular complexity index is 909. The number of allylic oxidation sites excluding steroid dienone is 1. The Morgan fingerprint density at radius 2 is 2.07 bits per heavy atom. The first-order valence-electron chi connectivity index (χ1n) is 8.82. The molecule has 0 fully saturated rings. The van der Waals surface area contributed by atoms with Crippen molar-refractivity contribution in [2.75, 3.05) is 6.61 Å². The molecular formula is C21H21F3N2O3. The Morgan fingerprint density at radius 3 is 2.72 bits per heavy atom. The van der Waals surface area contributed by atoms with Gasteiger partial charge < -0.3 is 9.84 Å². The van der Waals surface area contributed by atoms with E-state index in [1.165, 1.54) is 18.3 Å². The third-order valence-corrected chi connectivity index (χ3v) is 3.86. The maximum atomic E-state index is 12.7. The van der Waals surface area contributed by atoms with Crippen LogP contribution in [0.25, 0.3) is 0 Å². The summed E-state index contributed by atoms with van der Waals surface area (Å²) in [7, 11) is 0. The van der Waals surface area contributed by atoms with E-state index >= 15 is 0 Å². The van der Waals surface area contributed by atoms with Crippen molar-refractivity contribution in [3.8, 4) is 11.5 Å². The summed E-state index contributed by atoms with van der Waals surface area (Å²) in [5.41, 5.74) is 2.85. The number of ether oxygens (including phenoxy) is 1. The molecule has 0 spiro atoms. The van der Waals surface area contributed by atoms with E-state index in [2.05, 4.69) is 17.1 Å². The number of hydrogen-bond acceptors (Lipinski definition) is 4. The highest BCUT2D eigenvalue weighted by Crippen LogP contribution is 2.32. The van der Waals surface area contributed by atoms with Crippen molar-refractivity contribution in [3.63, 3.8) is 0 Å². The van der Waals surface area contributed by atoms with E-state index in [-0.39, 0.29) is 23.5 Å². The zero-order chi connectivity index (χ0) is 21.4. The van der Waals surface area contributed by atoms with Crippen LogP contribution in [-0.2, 0) is 23.8 Å². The summed E-state index contributed by atoms with van der Waals surface area (Å²) in [6, 6.07) is 7.80. The lowest BCUT2D eigenvalue weighted by Gasteiger charge is -2.11. The average molecular weight is 406 g/mol. The van der Waals surface area contributed by atoms with Crippen LogP contribution in [0, 0.1) is 0 Å². The molecule has 0 aromatic heterocycles. The molecule has 0 aliphatic rings. The molecule has 0 aliphatic carbocycles. The largest absolute Gasteiger partial charge is 0.504 e. The van der Waals surface area contributed by atoms with E-state index in [1.54, 1.807) is 25.1 Å². The van der Waals surface area contributed by atoms with Crippen LogP contribution in [0.4, 0.5) is 13.2 Å². The molecule has 2 aromatic rings. The number of rotatable bonds is 8. The minimum Gasteiger partial charge on any atom is -0.504 e. The molecular weight excluding hydrogens is 385 g/mol. The second-order valence-electron chi connectivity index (χ2n) is 6.12. The van der Waals surface area contributed by atoms with Gasteiger partial charge in [0.2, 0.25) is 5.91 Å². The Hall–Kier alpha value is -3.29. The van der Waals surface area contributed by atoms with E-state index in [0.29, 0.717) is 24.2 Å². The summed E-state index contributed by atoms with van der Waals surface area (Å²) in [5, 5.41) is 14.0. The van der Waals surface area contributed by atoms with Crippen LogP contribution in [0.1, 0.15) is 29.2 Å². The number of amides is 1. The van der Waals surface area contributed by atoms with Gasteiger partial charge in [-0.1, -0.05) is 24.3 Å². The third-order valence-electron chi connectivity index (χ3n) is 3.86. The Labute approximate surface area is 166 Å². The summed E-state index contributed by atoms with van der Waals surface area (Å²) in [6.45, 7) is 5.77. The van der Waals surface area contributed by atoms with E-state index in [4.69, 9.17) is 4.74 Å². The minimum atomic E-state index is -4.47. The van der Waals surface area contributed by atoms with Gasteiger partial charge in [0.15, 0.2) is 11.5 Å². The van der Waals surface area contributed by atoms with Crippen molar-refractivity contribution < 1.29 is 27.8 Å². The van der Waals surface area contributed by atoms with Gasteiger partial charge >= 0.3 is 6.18 Å². The topological polar surface area (TPSA) is 70.9 Å². The predicted octanol–water partition coefficient (Wildman–Crippen LogP) is 4.23. The van der Waals surface area contributed by atoms with Crippen molar-refractivity contribution in [3.05, 3.63) is 71.3 Å². The highest BCUT2D eigenvalue weighted by Gasteiger charge is 2.30. The van der Waals surface area contributed by atoms with Crippen LogP contribution in [0.15, 0.2) is 54.2 Å². The van der Waals surface area contributed by atoms with Crippen molar-refractivity contribution in [1.29, 1.82) is 0 Å². The fourth-order valence-electron chi connectivity index (χ4n) is 2.60. The SMILES string of the molecule is C=CCc1cc(/C=N/NC(=O)Cc2cccc(C(F)(F)F)c2)cc(OCC)c1O. The summed E-state index contributed by atoms with van der Waals surface area (Å²) in [5.74, 6) is -0.267. The number of hydrazone groups is 1. The van der Waals surface area contributed by atoms with Gasteiger partial charge in [-0.25, -0.2) is 5.43 Å². The van der Waals surface area contributed by atoms with Crippen LogP contribution < -0.4 is 10.2 Å². The van der Waals surface area contributed by atoms with E-state index in [9.17, 15) is 23.1 Å². The number of phenols is 1. The Balaban J connectivity index is 2.07. The molecule has 0 radical (unpaired) electrons. The minimum absolute atomic E-state index is 0.0116. The molecule has 2 aromatic carbocycles. The molecule has 0 saturated heterocycles. The van der Waals surface area contributed by atoms with Crippen molar-refractivity contribution in [1.82, 2.24) is 5.43 Å². The fraction of sp³-hybridized carbons (Fsp3) is 0.238. The molecule has 0 heterocycles. The smallest absolute Gasteiger partial charge is 0.416 e. The lowest BCUT2D eigenvalue weighted by atomic mass is 10.1. The van der Waals surface area contributed by atoms with Crippen LogP contribution >= 0.6 is 0 Å². The van der Waals surface area contributed by atoms with Crippen molar-refractivity contribution in [2.45, 2.75) is 25.9 Å². The van der Waals surface area contributed by atoms with Crippen LogP contribution in [0.2, 0.25) is 0 Å². The highest BCUT2D eigenvalue weighted by atomic mass is 19.4. The molecule has 29 heavy (non-hydrogen) atoms. The molecule has 8 heteroatoms. The molecule has 2 rings (SSSR count). The van der Waals surface area contributed by atoms with E-state index < -0.39 is 17.6 Å². The number of alkyl halides is 3. The van der Waals surface area contributed by atoms with Crippen LogP contribution in [0.3, 0.4) is 0 Å². The zero-order valence-electron chi connectivity index (χ0n) is 15.8. The molecule has 0 aliphatic heterocycles. The first kappa shape index (κ1) is 22.0. The number of halogens is 3. The van der Waals surface area contributed by atoms with E-state index in [0.717, 1.165) is 12.1 Å². The summed E-state index contributed by atoms with van der Waals surface area (Å²) >= 11 is 0. The highest BCUT2D eigenvalue weighted by molar-refractivity contribution is 5.84. The number of nitrogens with zero attached hydrogens (tertiary/aromatic N) is 1.